The van der Waals surface area contributed by atoms with Crippen molar-refractivity contribution in [3.63, 3.8) is 0 Å². The van der Waals surface area contributed by atoms with Gasteiger partial charge in [-0.2, -0.15) is 4.31 Å². The second-order valence-corrected chi connectivity index (χ2v) is 9.23. The van der Waals surface area contributed by atoms with E-state index >= 15 is 0 Å². The summed E-state index contributed by atoms with van der Waals surface area (Å²) >= 11 is 0. The van der Waals surface area contributed by atoms with Crippen LogP contribution < -0.4 is 10.1 Å². The topological polar surface area (TPSA) is 75.7 Å². The van der Waals surface area contributed by atoms with Gasteiger partial charge < -0.3 is 10.1 Å². The van der Waals surface area contributed by atoms with Gasteiger partial charge in [0.25, 0.3) is 0 Å². The van der Waals surface area contributed by atoms with Gasteiger partial charge in [0.15, 0.2) is 0 Å². The summed E-state index contributed by atoms with van der Waals surface area (Å²) in [4.78, 5) is 11.6. The number of nitrogens with zero attached hydrogens (tertiary/aromatic N) is 1. The molecule has 2 fully saturated rings. The molecule has 0 spiro atoms. The number of carbonyl (C=O) groups is 1. The van der Waals surface area contributed by atoms with Crippen molar-refractivity contribution in [2.75, 3.05) is 19.6 Å². The summed E-state index contributed by atoms with van der Waals surface area (Å²) in [6.07, 6.45) is 7.52. The van der Waals surface area contributed by atoms with E-state index in [0.29, 0.717) is 30.4 Å². The Morgan fingerprint density at radius 1 is 1.15 bits per heavy atom. The smallest absolute Gasteiger partial charge is 0.243 e. The maximum Gasteiger partial charge on any atom is 0.243 e. The first kappa shape index (κ1) is 19.9. The largest absolute Gasteiger partial charge is 0.490 e. The van der Waals surface area contributed by atoms with Gasteiger partial charge in [-0.05, 0) is 74.8 Å². The molecular formula is C20H28N2O4S. The van der Waals surface area contributed by atoms with Crippen LogP contribution in [0.1, 0.15) is 38.5 Å². The minimum Gasteiger partial charge on any atom is -0.490 e. The number of benzene rings is 1. The Bertz CT molecular complexity index is 747. The zero-order chi connectivity index (χ0) is 19.3. The van der Waals surface area contributed by atoms with Crippen molar-refractivity contribution < 1.29 is 17.9 Å². The highest BCUT2D eigenvalue weighted by Gasteiger charge is 2.29. The zero-order valence-electron chi connectivity index (χ0n) is 15.6. The van der Waals surface area contributed by atoms with Gasteiger partial charge in [-0.1, -0.05) is 6.58 Å². The van der Waals surface area contributed by atoms with Crippen LogP contribution in [0.3, 0.4) is 0 Å². The van der Waals surface area contributed by atoms with E-state index in [-0.39, 0.29) is 12.0 Å². The Labute approximate surface area is 161 Å². The molecule has 3 rings (SSSR count). The molecule has 0 atom stereocenters. The molecule has 27 heavy (non-hydrogen) atoms. The third kappa shape index (κ3) is 5.11. The predicted molar refractivity (Wildman–Crippen MR) is 104 cm³/mol. The van der Waals surface area contributed by atoms with Crippen molar-refractivity contribution in [3.8, 4) is 5.75 Å². The van der Waals surface area contributed by atoms with Gasteiger partial charge in [0.2, 0.25) is 15.9 Å². The maximum absolute atomic E-state index is 12.9. The van der Waals surface area contributed by atoms with Gasteiger partial charge >= 0.3 is 0 Å². The summed E-state index contributed by atoms with van der Waals surface area (Å²) in [5, 5.41) is 2.78. The lowest BCUT2D eigenvalue weighted by Gasteiger charge is -2.31. The lowest BCUT2D eigenvalue weighted by molar-refractivity contribution is -0.116. The molecule has 1 aliphatic heterocycles. The number of sulfonamides is 1. The van der Waals surface area contributed by atoms with Crippen LogP contribution in [-0.2, 0) is 14.8 Å². The summed E-state index contributed by atoms with van der Waals surface area (Å²) in [5.41, 5.74) is 0. The average Bonchev–Trinajstić information content (AvgIpc) is 3.20. The van der Waals surface area contributed by atoms with E-state index in [1.807, 2.05) is 0 Å². The van der Waals surface area contributed by atoms with Crippen molar-refractivity contribution >= 4 is 15.9 Å². The van der Waals surface area contributed by atoms with Gasteiger partial charge in [0.1, 0.15) is 5.75 Å². The van der Waals surface area contributed by atoms with Crippen molar-refractivity contribution in [3.05, 3.63) is 36.9 Å². The van der Waals surface area contributed by atoms with E-state index < -0.39 is 10.0 Å². The molecule has 0 bridgehead atoms. The number of ether oxygens (including phenoxy) is 1. The molecule has 0 radical (unpaired) electrons. The highest BCUT2D eigenvalue weighted by atomic mass is 32.2. The van der Waals surface area contributed by atoms with Crippen molar-refractivity contribution in [1.82, 2.24) is 9.62 Å². The summed E-state index contributed by atoms with van der Waals surface area (Å²) in [5.74, 6) is 0.838. The van der Waals surface area contributed by atoms with E-state index in [0.717, 1.165) is 31.4 Å². The van der Waals surface area contributed by atoms with E-state index in [1.165, 1.54) is 23.2 Å². The number of hydrogen-bond donors (Lipinski definition) is 1. The first-order valence-corrected chi connectivity index (χ1v) is 11.1. The molecule has 6 nitrogen and oxygen atoms in total. The second kappa shape index (κ2) is 8.89. The monoisotopic (exact) mass is 392 g/mol. The van der Waals surface area contributed by atoms with Crippen LogP contribution in [0.2, 0.25) is 0 Å². The molecule has 0 unspecified atom stereocenters. The molecule has 7 heteroatoms. The number of amides is 1. The lowest BCUT2D eigenvalue weighted by atomic mass is 9.98. The summed E-state index contributed by atoms with van der Waals surface area (Å²) in [6, 6.07) is 6.78. The van der Waals surface area contributed by atoms with Crippen LogP contribution in [0.4, 0.5) is 0 Å². The summed E-state index contributed by atoms with van der Waals surface area (Å²) in [6.45, 7) is 4.93. The first-order chi connectivity index (χ1) is 13.0. The molecule has 148 valence electrons. The van der Waals surface area contributed by atoms with Crippen molar-refractivity contribution in [2.24, 2.45) is 5.92 Å². The molecule has 1 saturated heterocycles. The number of nitrogens with one attached hydrogen (secondary N) is 1. The van der Waals surface area contributed by atoms with E-state index in [1.54, 1.807) is 24.3 Å². The van der Waals surface area contributed by atoms with Crippen LogP contribution in [-0.4, -0.2) is 44.4 Å². The number of rotatable bonds is 7. The van der Waals surface area contributed by atoms with Crippen LogP contribution >= 0.6 is 0 Å². The average molecular weight is 393 g/mol. The van der Waals surface area contributed by atoms with Gasteiger partial charge in [0, 0.05) is 19.6 Å². The Morgan fingerprint density at radius 2 is 1.78 bits per heavy atom. The molecule has 1 N–H and O–H groups in total. The SMILES string of the molecule is C=CC(=O)NCC1CCN(S(=O)(=O)c2ccc(OC3CCCC3)cc2)CC1. The third-order valence-corrected chi connectivity index (χ3v) is 7.30. The fourth-order valence-corrected chi connectivity index (χ4v) is 5.18. The first-order valence-electron chi connectivity index (χ1n) is 9.66. The fourth-order valence-electron chi connectivity index (χ4n) is 3.71. The number of piperidine rings is 1. The van der Waals surface area contributed by atoms with Gasteiger partial charge in [-0.15, -0.1) is 0 Å². The Hall–Kier alpha value is -1.86. The fraction of sp³-hybridized carbons (Fsp3) is 0.550. The molecule has 1 heterocycles. The number of carbonyl (C=O) groups excluding carboxylic acids is 1. The standard InChI is InChI=1S/C20H28N2O4S/c1-2-20(23)21-15-16-11-13-22(14-12-16)27(24,25)19-9-7-18(8-10-19)26-17-5-3-4-6-17/h2,7-10,16-17H,1,3-6,11-15H2,(H,21,23). The highest BCUT2D eigenvalue weighted by molar-refractivity contribution is 7.89. The molecule has 1 aliphatic carbocycles. The third-order valence-electron chi connectivity index (χ3n) is 5.39. The lowest BCUT2D eigenvalue weighted by Crippen LogP contribution is -2.41. The molecule has 1 aromatic carbocycles. The van der Waals surface area contributed by atoms with E-state index in [4.69, 9.17) is 4.74 Å². The molecule has 1 amide bonds. The Kier molecular flexibility index (Phi) is 6.55. The van der Waals surface area contributed by atoms with Crippen LogP contribution in [0.25, 0.3) is 0 Å². The van der Waals surface area contributed by atoms with Gasteiger partial charge in [0.05, 0.1) is 11.0 Å². The Balaban J connectivity index is 1.55. The van der Waals surface area contributed by atoms with E-state index in [9.17, 15) is 13.2 Å². The minimum absolute atomic E-state index is 0.190. The van der Waals surface area contributed by atoms with Crippen molar-refractivity contribution in [1.29, 1.82) is 0 Å². The van der Waals surface area contributed by atoms with Gasteiger partial charge in [-0.25, -0.2) is 8.42 Å². The van der Waals surface area contributed by atoms with Crippen LogP contribution in [0.5, 0.6) is 5.75 Å². The van der Waals surface area contributed by atoms with Crippen LogP contribution in [0, 0.1) is 5.92 Å². The molecule has 1 saturated carbocycles. The second-order valence-electron chi connectivity index (χ2n) is 7.29. The van der Waals surface area contributed by atoms with E-state index in [2.05, 4.69) is 11.9 Å². The quantitative estimate of drug-likeness (QED) is 0.724. The minimum atomic E-state index is -3.49. The Morgan fingerprint density at radius 3 is 2.37 bits per heavy atom. The molecule has 1 aromatic rings. The normalized spacial score (nSPS) is 19.7. The van der Waals surface area contributed by atoms with Crippen molar-refractivity contribution in [2.45, 2.75) is 49.5 Å². The molecular weight excluding hydrogens is 364 g/mol. The van der Waals surface area contributed by atoms with Crippen LogP contribution in [0.15, 0.2) is 41.8 Å². The molecule has 0 aromatic heterocycles. The summed E-state index contributed by atoms with van der Waals surface area (Å²) < 4.78 is 33.2. The molecule has 2 aliphatic rings. The maximum atomic E-state index is 12.9. The highest BCUT2D eigenvalue weighted by Crippen LogP contribution is 2.27. The predicted octanol–water partition coefficient (Wildman–Crippen LogP) is 2.71. The van der Waals surface area contributed by atoms with Gasteiger partial charge in [-0.3, -0.25) is 4.79 Å². The number of hydrogen-bond acceptors (Lipinski definition) is 4. The zero-order valence-corrected chi connectivity index (χ0v) is 16.4. The summed E-state index contributed by atoms with van der Waals surface area (Å²) in [7, 11) is -3.49.